The van der Waals surface area contributed by atoms with Crippen LogP contribution in [0, 0.1) is 0 Å². The van der Waals surface area contributed by atoms with E-state index >= 15 is 0 Å². The molecule has 0 aliphatic heterocycles. The molecule has 0 heterocycles. The molecule has 2 rings (SSSR count). The molecule has 0 unspecified atom stereocenters. The molecule has 18 heavy (non-hydrogen) atoms. The van der Waals surface area contributed by atoms with Gasteiger partial charge in [-0.15, -0.1) is 0 Å². The number of hydrogen-bond donors (Lipinski definition) is 1. The summed E-state index contributed by atoms with van der Waals surface area (Å²) in [4.78, 5) is 4.33. The fourth-order valence-corrected chi connectivity index (χ4v) is 2.39. The summed E-state index contributed by atoms with van der Waals surface area (Å²) < 4.78 is 0. The maximum Gasteiger partial charge on any atom is 0.124 e. The molecule has 0 atom stereocenters. The van der Waals surface area contributed by atoms with E-state index in [0.717, 1.165) is 18.3 Å². The van der Waals surface area contributed by atoms with Crippen molar-refractivity contribution in [3.8, 4) is 5.75 Å². The lowest BCUT2D eigenvalue weighted by Gasteiger charge is -2.15. The first-order valence-corrected chi connectivity index (χ1v) is 6.94. The van der Waals surface area contributed by atoms with E-state index < -0.39 is 0 Å². The first-order chi connectivity index (χ1) is 8.86. The Bertz CT molecular complexity index is 511. The fourth-order valence-electron chi connectivity index (χ4n) is 1.53. The summed E-state index contributed by atoms with van der Waals surface area (Å²) in [5.74, 6) is 0.280. The first kappa shape index (κ1) is 12.8. The zero-order valence-electron chi connectivity index (χ0n) is 10.0. The van der Waals surface area contributed by atoms with Crippen LogP contribution in [0.3, 0.4) is 0 Å². The number of hydrogen-bond acceptors (Lipinski definition) is 2. The van der Waals surface area contributed by atoms with Crippen molar-refractivity contribution in [1.82, 2.24) is 0 Å². The van der Waals surface area contributed by atoms with Crippen molar-refractivity contribution in [1.29, 1.82) is 0 Å². The predicted molar refractivity (Wildman–Crippen MR) is 78.4 cm³/mol. The van der Waals surface area contributed by atoms with Crippen molar-refractivity contribution in [3.63, 3.8) is 0 Å². The van der Waals surface area contributed by atoms with E-state index in [1.165, 1.54) is 13.9 Å². The Morgan fingerprint density at radius 3 is 2.50 bits per heavy atom. The highest BCUT2D eigenvalue weighted by atomic mass is 31.1. The van der Waals surface area contributed by atoms with E-state index in [-0.39, 0.29) is 5.75 Å². The Kier molecular flexibility index (Phi) is 4.92. The van der Waals surface area contributed by atoms with Gasteiger partial charge in [0, 0.05) is 18.3 Å². The van der Waals surface area contributed by atoms with E-state index in [4.69, 9.17) is 0 Å². The van der Waals surface area contributed by atoms with Crippen LogP contribution in [0.5, 0.6) is 5.75 Å². The maximum atomic E-state index is 9.55. The van der Waals surface area contributed by atoms with Crippen LogP contribution in [0.2, 0.25) is 0 Å². The van der Waals surface area contributed by atoms with Gasteiger partial charge in [-0.2, -0.15) is 6.16 Å². The lowest BCUT2D eigenvalue weighted by Crippen LogP contribution is -1.95. The third-order valence-corrected chi connectivity index (χ3v) is 3.53. The highest BCUT2D eigenvalue weighted by molar-refractivity contribution is 7.47. The predicted octanol–water partition coefficient (Wildman–Crippen LogP) is 3.08. The molecular formula is C15H15NOP-. The Morgan fingerprint density at radius 2 is 1.72 bits per heavy atom. The molecule has 92 valence electrons. The summed E-state index contributed by atoms with van der Waals surface area (Å²) in [6, 6.07) is 17.6. The minimum absolute atomic E-state index is 0.280. The van der Waals surface area contributed by atoms with Crippen LogP contribution in [0.4, 0.5) is 0 Å². The Morgan fingerprint density at radius 1 is 1.00 bits per heavy atom. The number of aliphatic imine (C=N–C) groups is 1. The molecule has 1 N–H and O–H groups in total. The van der Waals surface area contributed by atoms with Crippen LogP contribution in [-0.2, 0) is 0 Å². The van der Waals surface area contributed by atoms with Gasteiger partial charge in [0.1, 0.15) is 5.75 Å². The zero-order chi connectivity index (χ0) is 12.6. The van der Waals surface area contributed by atoms with Crippen LogP contribution in [-0.4, -0.2) is 24.0 Å². The minimum atomic E-state index is 0.280. The van der Waals surface area contributed by atoms with Gasteiger partial charge in [-0.1, -0.05) is 42.5 Å². The highest BCUT2D eigenvalue weighted by Crippen LogP contribution is 2.13. The number of benzene rings is 2. The number of aromatic hydroxyl groups is 1. The lowest BCUT2D eigenvalue weighted by atomic mass is 10.2. The third kappa shape index (κ3) is 3.97. The second-order valence-corrected chi connectivity index (χ2v) is 5.09. The molecule has 0 saturated carbocycles. The Balaban J connectivity index is 1.77. The van der Waals surface area contributed by atoms with E-state index in [9.17, 15) is 5.11 Å². The summed E-state index contributed by atoms with van der Waals surface area (Å²) in [5.41, 5.74) is 0.772. The molecule has 0 aromatic heterocycles. The molecule has 0 aliphatic carbocycles. The van der Waals surface area contributed by atoms with E-state index in [1.807, 2.05) is 30.3 Å². The average molecular weight is 256 g/mol. The van der Waals surface area contributed by atoms with Crippen molar-refractivity contribution in [2.75, 3.05) is 12.7 Å². The summed E-state index contributed by atoms with van der Waals surface area (Å²) in [6.45, 7) is 0.769. The normalized spacial score (nSPS) is 11.6. The SMILES string of the molecule is Oc1ccccc1C=NCC[P-]c1ccccc1. The summed E-state index contributed by atoms with van der Waals surface area (Å²) in [7, 11) is 1.29. The standard InChI is InChI=1S/C15H15NOP/c17-15-9-5-4-6-13(15)12-16-10-11-18-14-7-2-1-3-8-14/h1-9,12,17H,10-11H2/q-1. The maximum absolute atomic E-state index is 9.55. The molecule has 0 saturated heterocycles. The third-order valence-electron chi connectivity index (χ3n) is 2.45. The summed E-state index contributed by atoms with van der Waals surface area (Å²) >= 11 is 0. The van der Waals surface area contributed by atoms with Crippen molar-refractivity contribution in [2.45, 2.75) is 0 Å². The molecule has 0 bridgehead atoms. The van der Waals surface area contributed by atoms with Crippen LogP contribution >= 0.6 is 8.58 Å². The fraction of sp³-hybridized carbons (Fsp3) is 0.133. The van der Waals surface area contributed by atoms with Crippen molar-refractivity contribution < 1.29 is 5.11 Å². The van der Waals surface area contributed by atoms with Crippen LogP contribution < -0.4 is 5.30 Å². The number of rotatable bonds is 5. The van der Waals surface area contributed by atoms with Crippen LogP contribution in [0.25, 0.3) is 0 Å². The number of phenols is 1. The molecular weight excluding hydrogens is 241 g/mol. The highest BCUT2D eigenvalue weighted by Gasteiger charge is 1.92. The molecule has 2 nitrogen and oxygen atoms in total. The second-order valence-electron chi connectivity index (χ2n) is 3.81. The van der Waals surface area contributed by atoms with Gasteiger partial charge in [0.15, 0.2) is 0 Å². The molecule has 0 amide bonds. The molecule has 2 aromatic carbocycles. The van der Waals surface area contributed by atoms with Gasteiger partial charge in [-0.25, -0.2) is 5.30 Å². The topological polar surface area (TPSA) is 32.6 Å². The Hall–Kier alpha value is -1.66. The molecule has 0 aliphatic rings. The molecule has 0 spiro atoms. The van der Waals surface area contributed by atoms with Crippen LogP contribution in [0.15, 0.2) is 59.6 Å². The van der Waals surface area contributed by atoms with E-state index in [0.29, 0.717) is 0 Å². The Labute approximate surface area is 109 Å². The first-order valence-electron chi connectivity index (χ1n) is 5.86. The van der Waals surface area contributed by atoms with Gasteiger partial charge in [-0.3, -0.25) is 4.99 Å². The monoisotopic (exact) mass is 256 g/mol. The number of nitrogens with zero attached hydrogens (tertiary/aromatic N) is 1. The zero-order valence-corrected chi connectivity index (χ0v) is 10.9. The van der Waals surface area contributed by atoms with Crippen molar-refractivity contribution in [2.24, 2.45) is 4.99 Å². The van der Waals surface area contributed by atoms with Gasteiger partial charge in [0.25, 0.3) is 0 Å². The van der Waals surface area contributed by atoms with E-state index in [1.54, 1.807) is 18.3 Å². The second kappa shape index (κ2) is 6.93. The minimum Gasteiger partial charge on any atom is -0.507 e. The van der Waals surface area contributed by atoms with Gasteiger partial charge < -0.3 is 13.7 Å². The largest absolute Gasteiger partial charge is 0.507 e. The number of para-hydroxylation sites is 1. The number of phenolic OH excluding ortho intramolecular Hbond substituents is 1. The van der Waals surface area contributed by atoms with Gasteiger partial charge >= 0.3 is 0 Å². The molecule has 2 aromatic rings. The quantitative estimate of drug-likeness (QED) is 0.497. The average Bonchev–Trinajstić information content (AvgIpc) is 2.42. The van der Waals surface area contributed by atoms with Crippen LogP contribution in [0.1, 0.15) is 5.56 Å². The lowest BCUT2D eigenvalue weighted by molar-refractivity contribution is 0.474. The molecule has 0 fully saturated rings. The van der Waals surface area contributed by atoms with E-state index in [2.05, 4.69) is 17.1 Å². The van der Waals surface area contributed by atoms with Gasteiger partial charge in [-0.05, 0) is 12.1 Å². The van der Waals surface area contributed by atoms with Gasteiger partial charge in [0.05, 0.1) is 0 Å². The smallest absolute Gasteiger partial charge is 0.124 e. The summed E-state index contributed by atoms with van der Waals surface area (Å²) in [6.07, 6.45) is 2.73. The van der Waals surface area contributed by atoms with Crippen molar-refractivity contribution in [3.05, 3.63) is 60.2 Å². The van der Waals surface area contributed by atoms with Crippen molar-refractivity contribution >= 4 is 20.1 Å². The van der Waals surface area contributed by atoms with Gasteiger partial charge in [0.2, 0.25) is 0 Å². The molecule has 0 radical (unpaired) electrons. The summed E-state index contributed by atoms with van der Waals surface area (Å²) in [5, 5.41) is 10.9. The molecule has 3 heteroatoms.